The van der Waals surface area contributed by atoms with Gasteiger partial charge in [0.05, 0.1) is 6.61 Å². The minimum Gasteiger partial charge on any atom is -0.465 e. The second kappa shape index (κ2) is 6.66. The first-order valence-electron chi connectivity index (χ1n) is 6.86. The van der Waals surface area contributed by atoms with Gasteiger partial charge in [-0.05, 0) is 32.4 Å². The molecule has 2 rings (SSSR count). The van der Waals surface area contributed by atoms with E-state index in [0.717, 1.165) is 25.8 Å². The summed E-state index contributed by atoms with van der Waals surface area (Å²) in [6, 6.07) is 6.50. The predicted molar refractivity (Wildman–Crippen MR) is 71.1 cm³/mol. The van der Waals surface area contributed by atoms with Gasteiger partial charge in [-0.15, -0.1) is 0 Å². The Kier molecular flexibility index (Phi) is 4.91. The number of piperidine rings is 1. The molecule has 1 saturated heterocycles. The van der Waals surface area contributed by atoms with E-state index in [1.165, 1.54) is 6.07 Å². The minimum absolute atomic E-state index is 0.182. The zero-order valence-corrected chi connectivity index (χ0v) is 11.3. The summed E-state index contributed by atoms with van der Waals surface area (Å²) >= 11 is 0. The lowest BCUT2D eigenvalue weighted by Crippen LogP contribution is -2.45. The van der Waals surface area contributed by atoms with E-state index in [9.17, 15) is 9.18 Å². The highest BCUT2D eigenvalue weighted by Crippen LogP contribution is 2.21. The number of carbonyl (C=O) groups is 1. The molecule has 0 bridgehead atoms. The fourth-order valence-electron chi connectivity index (χ4n) is 2.53. The maximum atomic E-state index is 13.7. The highest BCUT2D eigenvalue weighted by molar-refractivity contribution is 5.75. The van der Waals surface area contributed by atoms with Crippen molar-refractivity contribution in [1.29, 1.82) is 0 Å². The van der Waals surface area contributed by atoms with Gasteiger partial charge in [-0.2, -0.15) is 0 Å². The third-order valence-electron chi connectivity index (χ3n) is 3.50. The molecule has 0 aliphatic carbocycles. The maximum absolute atomic E-state index is 13.7. The molecule has 1 unspecified atom stereocenters. The third-order valence-corrected chi connectivity index (χ3v) is 3.50. The van der Waals surface area contributed by atoms with Crippen LogP contribution >= 0.6 is 0 Å². The highest BCUT2D eigenvalue weighted by atomic mass is 19.1. The number of nitrogens with zero attached hydrogens (tertiary/aromatic N) is 1. The second-order valence-electron chi connectivity index (χ2n) is 4.83. The summed E-state index contributed by atoms with van der Waals surface area (Å²) in [5.74, 6) is -0.394. The van der Waals surface area contributed by atoms with E-state index >= 15 is 0 Å². The molecule has 19 heavy (non-hydrogen) atoms. The summed E-state index contributed by atoms with van der Waals surface area (Å²) in [6.07, 6.45) is 2.87. The third kappa shape index (κ3) is 3.53. The van der Waals surface area contributed by atoms with Gasteiger partial charge < -0.3 is 4.74 Å². The molecule has 1 aliphatic heterocycles. The van der Waals surface area contributed by atoms with Gasteiger partial charge >= 0.3 is 5.97 Å². The Labute approximate surface area is 113 Å². The number of benzene rings is 1. The average molecular weight is 265 g/mol. The summed E-state index contributed by atoms with van der Waals surface area (Å²) in [5.41, 5.74) is 0.638. The summed E-state index contributed by atoms with van der Waals surface area (Å²) in [6.45, 7) is 3.48. The number of halogens is 1. The molecule has 1 aromatic rings. The van der Waals surface area contributed by atoms with E-state index in [2.05, 4.69) is 0 Å². The number of carbonyl (C=O) groups excluding carboxylic acids is 1. The first kappa shape index (κ1) is 14.0. The molecule has 3 nitrogen and oxygen atoms in total. The standard InChI is InChI=1S/C15H20FNO2/c1-2-19-15(18)14-9-5-6-10-17(14)11-12-7-3-4-8-13(12)16/h3-4,7-8,14H,2,5-6,9-11H2,1H3. The Morgan fingerprint density at radius 1 is 1.42 bits per heavy atom. The van der Waals surface area contributed by atoms with Gasteiger partial charge in [0.1, 0.15) is 11.9 Å². The molecule has 0 spiro atoms. The van der Waals surface area contributed by atoms with Crippen LogP contribution in [0.1, 0.15) is 31.7 Å². The van der Waals surface area contributed by atoms with Crippen LogP contribution in [0.25, 0.3) is 0 Å². The monoisotopic (exact) mass is 265 g/mol. The molecular weight excluding hydrogens is 245 g/mol. The van der Waals surface area contributed by atoms with Gasteiger partial charge in [-0.25, -0.2) is 4.39 Å². The van der Waals surface area contributed by atoms with Crippen molar-refractivity contribution in [1.82, 2.24) is 4.90 Å². The van der Waals surface area contributed by atoms with Crippen LogP contribution in [0.15, 0.2) is 24.3 Å². The highest BCUT2D eigenvalue weighted by Gasteiger charge is 2.30. The van der Waals surface area contributed by atoms with Crippen molar-refractivity contribution in [2.45, 2.75) is 38.8 Å². The predicted octanol–water partition coefficient (Wildman–Crippen LogP) is 2.74. The smallest absolute Gasteiger partial charge is 0.323 e. The van der Waals surface area contributed by atoms with E-state index < -0.39 is 0 Å². The number of hydrogen-bond acceptors (Lipinski definition) is 3. The SMILES string of the molecule is CCOC(=O)C1CCCCN1Cc1ccccc1F. The van der Waals surface area contributed by atoms with Crippen LogP contribution in [0.4, 0.5) is 4.39 Å². The van der Waals surface area contributed by atoms with Crippen LogP contribution in [0, 0.1) is 5.82 Å². The zero-order valence-electron chi connectivity index (χ0n) is 11.3. The number of rotatable bonds is 4. The topological polar surface area (TPSA) is 29.5 Å². The molecule has 1 fully saturated rings. The fraction of sp³-hybridized carbons (Fsp3) is 0.533. The number of esters is 1. The Morgan fingerprint density at radius 3 is 2.95 bits per heavy atom. The lowest BCUT2D eigenvalue weighted by molar-refractivity contribution is -0.151. The molecule has 0 N–H and O–H groups in total. The van der Waals surface area contributed by atoms with Crippen molar-refractivity contribution in [2.75, 3.05) is 13.2 Å². The lowest BCUT2D eigenvalue weighted by Gasteiger charge is -2.34. The van der Waals surface area contributed by atoms with Gasteiger partial charge in [0.2, 0.25) is 0 Å². The first-order chi connectivity index (χ1) is 9.22. The first-order valence-corrected chi connectivity index (χ1v) is 6.86. The average Bonchev–Trinajstić information content (AvgIpc) is 2.42. The molecule has 4 heteroatoms. The molecule has 1 heterocycles. The zero-order chi connectivity index (χ0) is 13.7. The number of likely N-dealkylation sites (tertiary alicyclic amines) is 1. The molecule has 1 aliphatic rings. The summed E-state index contributed by atoms with van der Waals surface area (Å²) in [7, 11) is 0. The van der Waals surface area contributed by atoms with Crippen LogP contribution in [0.3, 0.4) is 0 Å². The molecule has 0 radical (unpaired) electrons. The van der Waals surface area contributed by atoms with Crippen molar-refractivity contribution >= 4 is 5.97 Å². The lowest BCUT2D eigenvalue weighted by atomic mass is 10.0. The molecule has 0 amide bonds. The number of hydrogen-bond donors (Lipinski definition) is 0. The molecule has 0 saturated carbocycles. The Morgan fingerprint density at radius 2 is 2.21 bits per heavy atom. The molecule has 104 valence electrons. The number of ether oxygens (including phenoxy) is 1. The van der Waals surface area contributed by atoms with Gasteiger partial charge in [0.25, 0.3) is 0 Å². The largest absolute Gasteiger partial charge is 0.465 e. The van der Waals surface area contributed by atoms with Crippen LogP contribution in [-0.2, 0) is 16.1 Å². The quantitative estimate of drug-likeness (QED) is 0.784. The maximum Gasteiger partial charge on any atom is 0.323 e. The molecular formula is C15H20FNO2. The van der Waals surface area contributed by atoms with Crippen molar-refractivity contribution < 1.29 is 13.9 Å². The fourth-order valence-corrected chi connectivity index (χ4v) is 2.53. The van der Waals surface area contributed by atoms with Gasteiger partial charge in [-0.3, -0.25) is 9.69 Å². The van der Waals surface area contributed by atoms with E-state index in [1.807, 2.05) is 17.9 Å². The van der Waals surface area contributed by atoms with Crippen molar-refractivity contribution in [3.05, 3.63) is 35.6 Å². The van der Waals surface area contributed by atoms with E-state index in [4.69, 9.17) is 4.74 Å². The van der Waals surface area contributed by atoms with Crippen LogP contribution in [0.2, 0.25) is 0 Å². The van der Waals surface area contributed by atoms with E-state index in [-0.39, 0.29) is 17.8 Å². The van der Waals surface area contributed by atoms with Gasteiger partial charge in [-0.1, -0.05) is 24.6 Å². The summed E-state index contributed by atoms with van der Waals surface area (Å²) in [4.78, 5) is 14.0. The van der Waals surface area contributed by atoms with E-state index in [1.54, 1.807) is 12.1 Å². The summed E-state index contributed by atoms with van der Waals surface area (Å²) in [5, 5.41) is 0. The van der Waals surface area contributed by atoms with Crippen LogP contribution in [-0.4, -0.2) is 30.1 Å². The van der Waals surface area contributed by atoms with E-state index in [0.29, 0.717) is 18.7 Å². The Balaban J connectivity index is 2.07. The molecule has 0 aromatic heterocycles. The van der Waals surface area contributed by atoms with Crippen molar-refractivity contribution in [3.63, 3.8) is 0 Å². The van der Waals surface area contributed by atoms with Gasteiger partial charge in [0.15, 0.2) is 0 Å². The Bertz CT molecular complexity index is 436. The van der Waals surface area contributed by atoms with Crippen LogP contribution < -0.4 is 0 Å². The van der Waals surface area contributed by atoms with Gasteiger partial charge in [0, 0.05) is 12.1 Å². The second-order valence-corrected chi connectivity index (χ2v) is 4.83. The normalized spacial score (nSPS) is 20.2. The van der Waals surface area contributed by atoms with Crippen LogP contribution in [0.5, 0.6) is 0 Å². The minimum atomic E-state index is -0.228. The Hall–Kier alpha value is -1.42. The molecule has 1 aromatic carbocycles. The van der Waals surface area contributed by atoms with Crippen molar-refractivity contribution in [3.8, 4) is 0 Å². The summed E-state index contributed by atoms with van der Waals surface area (Å²) < 4.78 is 18.8. The van der Waals surface area contributed by atoms with Crippen molar-refractivity contribution in [2.24, 2.45) is 0 Å². The molecule has 1 atom stereocenters.